The van der Waals surface area contributed by atoms with Crippen LogP contribution in [0.5, 0.6) is 0 Å². The molecule has 0 saturated carbocycles. The van der Waals surface area contributed by atoms with Gasteiger partial charge in [-0.25, -0.2) is 9.49 Å². The number of fused-ring (bicyclic) bond motifs is 1. The fraction of sp³-hybridized carbons (Fsp3) is 0.222. The summed E-state index contributed by atoms with van der Waals surface area (Å²) >= 11 is 0. The molecule has 0 radical (unpaired) electrons. The normalized spacial score (nSPS) is 16.4. The van der Waals surface area contributed by atoms with E-state index in [0.717, 1.165) is 12.1 Å². The quantitative estimate of drug-likeness (QED) is 0.639. The number of halogens is 4. The highest BCUT2D eigenvalue weighted by molar-refractivity contribution is 5.95. The van der Waals surface area contributed by atoms with Gasteiger partial charge in [-0.2, -0.15) is 28.1 Å². The van der Waals surface area contributed by atoms with Crippen molar-refractivity contribution >= 4 is 11.7 Å². The Balaban J connectivity index is 1.89. The summed E-state index contributed by atoms with van der Waals surface area (Å²) in [4.78, 5) is 23.5. The van der Waals surface area contributed by atoms with Crippen molar-refractivity contribution in [3.05, 3.63) is 68.9 Å². The lowest BCUT2D eigenvalue weighted by molar-refractivity contribution is -0.137. The molecule has 29 heavy (non-hydrogen) atoms. The van der Waals surface area contributed by atoms with Gasteiger partial charge in [-0.3, -0.25) is 9.59 Å². The molecule has 1 atom stereocenters. The third kappa shape index (κ3) is 3.28. The Labute approximate surface area is 160 Å². The standard InChI is InChI=1S/C18H13F4N5O2/c1-8-16-11(10-6-9(18(20,21)22)2-3-12(10)19)7-15(29)23-17(16)27(26-8)13-4-5-14(28)25-24-13/h2-6,11H,7H2,1H3,(H,23,29)(H,25,28)/t11-/m1/s1. The van der Waals surface area contributed by atoms with E-state index in [0.29, 0.717) is 17.3 Å². The zero-order chi connectivity index (χ0) is 20.9. The fourth-order valence-electron chi connectivity index (χ4n) is 3.42. The van der Waals surface area contributed by atoms with Gasteiger partial charge in [-0.15, -0.1) is 0 Å². The van der Waals surface area contributed by atoms with Crippen molar-refractivity contribution in [2.45, 2.75) is 25.4 Å². The summed E-state index contributed by atoms with van der Waals surface area (Å²) in [7, 11) is 0. The Hall–Kier alpha value is -3.50. The Kier molecular flexibility index (Phi) is 4.25. The number of carbonyl (C=O) groups excluding carboxylic acids is 1. The van der Waals surface area contributed by atoms with Crippen LogP contribution in [0, 0.1) is 12.7 Å². The Morgan fingerprint density at radius 2 is 1.93 bits per heavy atom. The molecule has 0 spiro atoms. The predicted octanol–water partition coefficient (Wildman–Crippen LogP) is 2.90. The van der Waals surface area contributed by atoms with E-state index in [4.69, 9.17) is 0 Å². The summed E-state index contributed by atoms with van der Waals surface area (Å²) in [6.45, 7) is 1.59. The highest BCUT2D eigenvalue weighted by atomic mass is 19.4. The summed E-state index contributed by atoms with van der Waals surface area (Å²) in [5.41, 5.74) is -0.924. The summed E-state index contributed by atoms with van der Waals surface area (Å²) in [6, 6.07) is 4.70. The zero-order valence-electron chi connectivity index (χ0n) is 14.8. The van der Waals surface area contributed by atoms with Crippen molar-refractivity contribution in [1.29, 1.82) is 0 Å². The molecule has 11 heteroatoms. The number of nitrogens with zero attached hydrogens (tertiary/aromatic N) is 3. The largest absolute Gasteiger partial charge is 0.416 e. The third-order valence-corrected chi connectivity index (χ3v) is 4.68. The van der Waals surface area contributed by atoms with Crippen LogP contribution in [0.1, 0.15) is 34.7 Å². The van der Waals surface area contributed by atoms with Crippen LogP contribution in [0.2, 0.25) is 0 Å². The van der Waals surface area contributed by atoms with Gasteiger partial charge in [0.1, 0.15) is 11.6 Å². The minimum absolute atomic E-state index is 0.167. The first kappa shape index (κ1) is 18.8. The molecule has 1 aromatic carbocycles. The molecule has 0 bridgehead atoms. The van der Waals surface area contributed by atoms with E-state index in [-0.39, 0.29) is 23.6 Å². The second kappa shape index (κ2) is 6.54. The zero-order valence-corrected chi connectivity index (χ0v) is 14.8. The molecular formula is C18H13F4N5O2. The molecule has 0 saturated heterocycles. The molecular weight excluding hydrogens is 394 g/mol. The average molecular weight is 407 g/mol. The monoisotopic (exact) mass is 407 g/mol. The number of carbonyl (C=O) groups is 1. The van der Waals surface area contributed by atoms with Crippen molar-refractivity contribution in [2.24, 2.45) is 0 Å². The minimum atomic E-state index is -4.65. The predicted molar refractivity (Wildman–Crippen MR) is 93.2 cm³/mol. The number of benzene rings is 1. The van der Waals surface area contributed by atoms with E-state index in [9.17, 15) is 27.2 Å². The van der Waals surface area contributed by atoms with Crippen molar-refractivity contribution in [3.63, 3.8) is 0 Å². The molecule has 0 unspecified atom stereocenters. The number of aromatic nitrogens is 4. The van der Waals surface area contributed by atoms with Gasteiger partial charge in [-0.05, 0) is 36.8 Å². The Morgan fingerprint density at radius 1 is 1.17 bits per heavy atom. The highest BCUT2D eigenvalue weighted by Gasteiger charge is 2.37. The molecule has 1 aliphatic heterocycles. The van der Waals surface area contributed by atoms with E-state index in [1.165, 1.54) is 16.8 Å². The molecule has 2 N–H and O–H groups in total. The van der Waals surface area contributed by atoms with Gasteiger partial charge in [0.25, 0.3) is 5.56 Å². The topological polar surface area (TPSA) is 92.7 Å². The first-order chi connectivity index (χ1) is 13.6. The van der Waals surface area contributed by atoms with Crippen LogP contribution in [-0.4, -0.2) is 25.9 Å². The third-order valence-electron chi connectivity index (χ3n) is 4.68. The van der Waals surface area contributed by atoms with Gasteiger partial charge in [0, 0.05) is 24.0 Å². The van der Waals surface area contributed by atoms with Crippen LogP contribution in [0.25, 0.3) is 5.82 Å². The fourth-order valence-corrected chi connectivity index (χ4v) is 3.42. The van der Waals surface area contributed by atoms with Crippen LogP contribution in [0.3, 0.4) is 0 Å². The van der Waals surface area contributed by atoms with Gasteiger partial charge in [0.15, 0.2) is 5.82 Å². The van der Waals surface area contributed by atoms with Crippen molar-refractivity contribution < 1.29 is 22.4 Å². The van der Waals surface area contributed by atoms with Crippen molar-refractivity contribution in [2.75, 3.05) is 5.32 Å². The Morgan fingerprint density at radius 3 is 2.59 bits per heavy atom. The van der Waals surface area contributed by atoms with E-state index >= 15 is 0 Å². The Bertz CT molecular complexity index is 1160. The number of H-pyrrole nitrogens is 1. The number of aryl methyl sites for hydroxylation is 1. The smallest absolute Gasteiger partial charge is 0.310 e. The lowest BCUT2D eigenvalue weighted by Gasteiger charge is -2.25. The van der Waals surface area contributed by atoms with Crippen LogP contribution in [0.4, 0.5) is 23.4 Å². The number of anilines is 1. The number of hydrogen-bond acceptors (Lipinski definition) is 4. The molecule has 3 aromatic rings. The first-order valence-electron chi connectivity index (χ1n) is 8.47. The number of hydrogen-bond donors (Lipinski definition) is 2. The van der Waals surface area contributed by atoms with Gasteiger partial charge in [-0.1, -0.05) is 0 Å². The maximum absolute atomic E-state index is 14.5. The SMILES string of the molecule is Cc1nn(-c2ccc(=O)[nH]n2)c2c1[C@@H](c1cc(C(F)(F)F)ccc1F)CC(=O)N2. The lowest BCUT2D eigenvalue weighted by Crippen LogP contribution is -2.26. The second-order valence-electron chi connectivity index (χ2n) is 6.58. The average Bonchev–Trinajstić information content (AvgIpc) is 2.97. The second-order valence-corrected chi connectivity index (χ2v) is 6.58. The van der Waals surface area contributed by atoms with Gasteiger partial charge >= 0.3 is 6.18 Å². The van der Waals surface area contributed by atoms with E-state index in [2.05, 4.69) is 20.6 Å². The van der Waals surface area contributed by atoms with E-state index in [1.54, 1.807) is 6.92 Å². The van der Waals surface area contributed by atoms with Crippen molar-refractivity contribution in [3.8, 4) is 5.82 Å². The summed E-state index contributed by atoms with van der Waals surface area (Å²) in [5.74, 6) is -1.97. The minimum Gasteiger partial charge on any atom is -0.310 e. The highest BCUT2D eigenvalue weighted by Crippen LogP contribution is 2.42. The number of nitrogens with one attached hydrogen (secondary N) is 2. The van der Waals surface area contributed by atoms with Crippen LogP contribution in [0.15, 0.2) is 35.1 Å². The van der Waals surface area contributed by atoms with Gasteiger partial charge in [0.05, 0.1) is 11.3 Å². The number of amides is 1. The van der Waals surface area contributed by atoms with Gasteiger partial charge in [0.2, 0.25) is 5.91 Å². The number of rotatable bonds is 2. The molecule has 7 nitrogen and oxygen atoms in total. The van der Waals surface area contributed by atoms with E-state index < -0.39 is 34.9 Å². The van der Waals surface area contributed by atoms with Gasteiger partial charge < -0.3 is 5.32 Å². The molecule has 4 rings (SSSR count). The first-order valence-corrected chi connectivity index (χ1v) is 8.47. The summed E-state index contributed by atoms with van der Waals surface area (Å²) in [5, 5.41) is 13.0. The summed E-state index contributed by atoms with van der Waals surface area (Å²) < 4.78 is 55.1. The molecule has 0 fully saturated rings. The van der Waals surface area contributed by atoms with Crippen LogP contribution in [-0.2, 0) is 11.0 Å². The van der Waals surface area contributed by atoms with Crippen LogP contribution < -0.4 is 10.9 Å². The number of alkyl halides is 3. The summed E-state index contributed by atoms with van der Waals surface area (Å²) in [6.07, 6.45) is -4.89. The molecule has 150 valence electrons. The molecule has 3 heterocycles. The van der Waals surface area contributed by atoms with Crippen molar-refractivity contribution in [1.82, 2.24) is 20.0 Å². The molecule has 1 aliphatic rings. The molecule has 0 aliphatic carbocycles. The number of aromatic amines is 1. The van der Waals surface area contributed by atoms with Crippen LogP contribution >= 0.6 is 0 Å². The lowest BCUT2D eigenvalue weighted by atomic mass is 9.84. The molecule has 2 aromatic heterocycles. The maximum atomic E-state index is 14.5. The molecule has 1 amide bonds. The van der Waals surface area contributed by atoms with E-state index in [1.807, 2.05) is 0 Å². The maximum Gasteiger partial charge on any atom is 0.416 e.